The smallest absolute Gasteiger partial charge is 0.410 e. The van der Waals surface area contributed by atoms with Crippen molar-refractivity contribution in [3.05, 3.63) is 95.1 Å². The summed E-state index contributed by atoms with van der Waals surface area (Å²) < 4.78 is 22.9. The Balaban J connectivity index is 0.000000215. The molecule has 1 fully saturated rings. The highest BCUT2D eigenvalue weighted by Gasteiger charge is 2.28. The van der Waals surface area contributed by atoms with E-state index in [0.717, 1.165) is 66.0 Å². The van der Waals surface area contributed by atoms with Crippen molar-refractivity contribution in [3.8, 4) is 11.5 Å². The van der Waals surface area contributed by atoms with Crippen molar-refractivity contribution < 1.29 is 28.8 Å². The molecule has 1 N–H and O–H groups in total. The average Bonchev–Trinajstić information content (AvgIpc) is 3.47. The molecule has 3 aromatic rings. The maximum atomic E-state index is 11.5. The number of carbonyl (C=O) groups excluding carboxylic acids is 1. The summed E-state index contributed by atoms with van der Waals surface area (Å²) >= 11 is 0. The van der Waals surface area contributed by atoms with Crippen LogP contribution in [0.15, 0.2) is 72.8 Å². The van der Waals surface area contributed by atoms with Crippen LogP contribution in [0.25, 0.3) is 0 Å². The summed E-state index contributed by atoms with van der Waals surface area (Å²) in [5.74, 6) is 1.57. The molecule has 39 heavy (non-hydrogen) atoms. The molecule has 0 spiro atoms. The quantitative estimate of drug-likeness (QED) is 0.310. The van der Waals surface area contributed by atoms with Crippen LogP contribution >= 0.6 is 0 Å². The average molecular weight is 534 g/mol. The zero-order valence-corrected chi connectivity index (χ0v) is 22.7. The van der Waals surface area contributed by atoms with Crippen molar-refractivity contribution in [3.63, 3.8) is 0 Å². The van der Waals surface area contributed by atoms with Crippen LogP contribution in [0.5, 0.6) is 11.5 Å². The summed E-state index contributed by atoms with van der Waals surface area (Å²) in [7, 11) is 0. The van der Waals surface area contributed by atoms with Crippen molar-refractivity contribution in [2.75, 3.05) is 19.8 Å². The molecule has 2 aliphatic rings. The number of unbranched alkanes of at least 4 members (excludes halogenated alkanes) is 1. The Morgan fingerprint density at radius 1 is 0.974 bits per heavy atom. The molecule has 0 saturated carbocycles. The number of fused-ring (bicyclic) bond motifs is 2. The van der Waals surface area contributed by atoms with E-state index in [2.05, 4.69) is 37.3 Å². The first-order valence-corrected chi connectivity index (χ1v) is 13.8. The second-order valence-electron chi connectivity index (χ2n) is 9.76. The number of benzene rings is 3. The Hall–Kier alpha value is -3.55. The number of hydrogen-bond donors (Lipinski definition) is 1. The molecular formula is C32H39NO6. The van der Waals surface area contributed by atoms with Gasteiger partial charge in [0.05, 0.1) is 32.5 Å². The van der Waals surface area contributed by atoms with Gasteiger partial charge in [0.15, 0.2) is 11.5 Å². The molecule has 1 saturated heterocycles. The van der Waals surface area contributed by atoms with E-state index in [1.54, 1.807) is 4.90 Å². The minimum absolute atomic E-state index is 0.0240. The Labute approximate surface area is 231 Å². The van der Waals surface area contributed by atoms with Crippen LogP contribution in [0.4, 0.5) is 4.79 Å². The number of nitrogens with zero attached hydrogens (tertiary/aromatic N) is 1. The SMILES string of the molecule is CCCCOC(=O)N1CCCC1CO.c1ccc(COc2cc3cc(c2OCc2ccccc2)COC3)cc1. The molecule has 0 aromatic heterocycles. The van der Waals surface area contributed by atoms with Crippen LogP contribution in [-0.4, -0.2) is 41.9 Å². The molecule has 1 unspecified atom stereocenters. The molecule has 5 rings (SSSR count). The summed E-state index contributed by atoms with van der Waals surface area (Å²) in [6.07, 6.45) is 3.52. The van der Waals surface area contributed by atoms with E-state index < -0.39 is 0 Å². The van der Waals surface area contributed by atoms with E-state index >= 15 is 0 Å². The number of rotatable bonds is 10. The Morgan fingerprint density at radius 2 is 1.67 bits per heavy atom. The number of amides is 1. The first-order valence-electron chi connectivity index (χ1n) is 13.8. The fraction of sp³-hybridized carbons (Fsp3) is 0.406. The van der Waals surface area contributed by atoms with Crippen molar-refractivity contribution in [1.29, 1.82) is 0 Å². The fourth-order valence-electron chi connectivity index (χ4n) is 4.58. The minimum atomic E-state index is -0.269. The maximum absolute atomic E-state index is 11.5. The number of aliphatic hydroxyl groups is 1. The predicted molar refractivity (Wildman–Crippen MR) is 150 cm³/mol. The van der Waals surface area contributed by atoms with Crippen molar-refractivity contribution in [1.82, 2.24) is 4.90 Å². The van der Waals surface area contributed by atoms with E-state index in [1.165, 1.54) is 0 Å². The van der Waals surface area contributed by atoms with Gasteiger partial charge in [-0.1, -0.05) is 74.0 Å². The van der Waals surface area contributed by atoms with Gasteiger partial charge in [-0.25, -0.2) is 4.79 Å². The van der Waals surface area contributed by atoms with Gasteiger partial charge in [-0.15, -0.1) is 0 Å². The normalized spacial score (nSPS) is 15.7. The standard InChI is InChI=1S/C22H20O3.C10H19NO3/c1-3-7-17(8-4-1)14-24-21-12-19-11-20(16-23-13-19)22(21)25-15-18-9-5-2-6-10-18;1-2-3-7-14-10(13)11-6-4-5-9(11)8-12/h1-12H,13-16H2;9,12H,2-8H2,1H3. The molecule has 208 valence electrons. The Kier molecular flexibility index (Phi) is 11.1. The molecule has 0 aliphatic carbocycles. The highest BCUT2D eigenvalue weighted by molar-refractivity contribution is 5.68. The Bertz CT molecular complexity index is 1150. The zero-order chi connectivity index (χ0) is 27.3. The van der Waals surface area contributed by atoms with Gasteiger partial charge in [-0.2, -0.15) is 0 Å². The molecule has 1 atom stereocenters. The third kappa shape index (κ3) is 8.47. The fourth-order valence-corrected chi connectivity index (χ4v) is 4.58. The lowest BCUT2D eigenvalue weighted by Crippen LogP contribution is -2.38. The summed E-state index contributed by atoms with van der Waals surface area (Å²) in [6.45, 7) is 5.51. The summed E-state index contributed by atoms with van der Waals surface area (Å²) in [5, 5.41) is 9.01. The first-order chi connectivity index (χ1) is 19.2. The topological polar surface area (TPSA) is 77.5 Å². The lowest BCUT2D eigenvalue weighted by molar-refractivity contribution is 0.0837. The number of aliphatic hydroxyl groups excluding tert-OH is 1. The summed E-state index contributed by atoms with van der Waals surface area (Å²) in [5.41, 5.74) is 4.43. The predicted octanol–water partition coefficient (Wildman–Crippen LogP) is 6.25. The van der Waals surface area contributed by atoms with Crippen LogP contribution in [0, 0.1) is 0 Å². The number of ether oxygens (including phenoxy) is 4. The van der Waals surface area contributed by atoms with Gasteiger partial charge in [-0.05, 0) is 48.1 Å². The van der Waals surface area contributed by atoms with Crippen molar-refractivity contribution >= 4 is 6.09 Å². The molecule has 2 aliphatic heterocycles. The molecule has 3 aromatic carbocycles. The van der Waals surface area contributed by atoms with Gasteiger partial charge in [0.1, 0.15) is 13.2 Å². The zero-order valence-electron chi connectivity index (χ0n) is 22.7. The van der Waals surface area contributed by atoms with Crippen LogP contribution in [0.2, 0.25) is 0 Å². The minimum Gasteiger partial charge on any atom is -0.485 e. The van der Waals surface area contributed by atoms with E-state index in [4.69, 9.17) is 24.1 Å². The first kappa shape index (κ1) is 28.5. The van der Waals surface area contributed by atoms with Crippen LogP contribution < -0.4 is 9.47 Å². The second-order valence-corrected chi connectivity index (χ2v) is 9.76. The molecule has 1 amide bonds. The van der Waals surface area contributed by atoms with Gasteiger partial charge < -0.3 is 29.0 Å². The molecule has 2 heterocycles. The molecule has 0 radical (unpaired) electrons. The van der Waals surface area contributed by atoms with Gasteiger partial charge in [-0.3, -0.25) is 0 Å². The van der Waals surface area contributed by atoms with Crippen LogP contribution in [0.1, 0.15) is 54.9 Å². The van der Waals surface area contributed by atoms with Crippen LogP contribution in [0.3, 0.4) is 0 Å². The third-order valence-electron chi connectivity index (χ3n) is 6.73. The number of likely N-dealkylation sites (tertiary alicyclic amines) is 1. The molecular weight excluding hydrogens is 494 g/mol. The largest absolute Gasteiger partial charge is 0.485 e. The highest BCUT2D eigenvalue weighted by atomic mass is 16.6. The van der Waals surface area contributed by atoms with Gasteiger partial charge in [0.25, 0.3) is 0 Å². The van der Waals surface area contributed by atoms with Crippen molar-refractivity contribution in [2.45, 2.75) is 65.1 Å². The van der Waals surface area contributed by atoms with E-state index in [9.17, 15) is 4.79 Å². The molecule has 7 heteroatoms. The van der Waals surface area contributed by atoms with Gasteiger partial charge >= 0.3 is 6.09 Å². The number of carbonyl (C=O) groups is 1. The number of hydrogen-bond acceptors (Lipinski definition) is 6. The lowest BCUT2D eigenvalue weighted by atomic mass is 10.1. The van der Waals surface area contributed by atoms with E-state index in [-0.39, 0.29) is 18.7 Å². The maximum Gasteiger partial charge on any atom is 0.410 e. The van der Waals surface area contributed by atoms with Gasteiger partial charge in [0, 0.05) is 12.1 Å². The van der Waals surface area contributed by atoms with E-state index in [1.807, 2.05) is 42.5 Å². The Morgan fingerprint density at radius 3 is 2.33 bits per heavy atom. The van der Waals surface area contributed by atoms with Crippen LogP contribution in [-0.2, 0) is 35.9 Å². The summed E-state index contributed by atoms with van der Waals surface area (Å²) in [6, 6.07) is 24.4. The molecule has 2 bridgehead atoms. The lowest BCUT2D eigenvalue weighted by Gasteiger charge is -2.22. The molecule has 7 nitrogen and oxygen atoms in total. The van der Waals surface area contributed by atoms with Crippen molar-refractivity contribution in [2.24, 2.45) is 0 Å². The monoisotopic (exact) mass is 533 g/mol. The van der Waals surface area contributed by atoms with E-state index in [0.29, 0.717) is 33.0 Å². The third-order valence-corrected chi connectivity index (χ3v) is 6.73. The second kappa shape index (κ2) is 15.1. The van der Waals surface area contributed by atoms with Gasteiger partial charge in [0.2, 0.25) is 0 Å². The highest BCUT2D eigenvalue weighted by Crippen LogP contribution is 2.37. The summed E-state index contributed by atoms with van der Waals surface area (Å²) in [4.78, 5) is 13.1.